The second kappa shape index (κ2) is 9.30. The van der Waals surface area contributed by atoms with E-state index in [1.165, 1.54) is 40.3 Å². The van der Waals surface area contributed by atoms with Gasteiger partial charge in [0.05, 0.1) is 17.1 Å². The summed E-state index contributed by atoms with van der Waals surface area (Å²) in [6.45, 7) is 1.51. The fourth-order valence-electron chi connectivity index (χ4n) is 4.44. The average molecular weight is 493 g/mol. The van der Waals surface area contributed by atoms with E-state index < -0.39 is 17.3 Å². The highest BCUT2D eigenvalue weighted by molar-refractivity contribution is 7.12. The molecular weight excluding hydrogens is 471 g/mol. The molecule has 0 unspecified atom stereocenters. The van der Waals surface area contributed by atoms with E-state index in [-0.39, 0.29) is 18.0 Å². The normalized spacial score (nSPS) is 13.9. The molecule has 1 fully saturated rings. The number of rotatable bonds is 5. The minimum absolute atomic E-state index is 0.0201. The number of piperazine rings is 1. The molecule has 1 aliphatic rings. The Hall–Kier alpha value is -4.05. The smallest absolute Gasteiger partial charge is 0.343 e. The molecule has 0 atom stereocenters. The van der Waals surface area contributed by atoms with Gasteiger partial charge >= 0.3 is 5.97 Å². The van der Waals surface area contributed by atoms with Gasteiger partial charge in [0.1, 0.15) is 17.0 Å². The van der Waals surface area contributed by atoms with Crippen molar-refractivity contribution < 1.29 is 19.1 Å². The van der Waals surface area contributed by atoms with E-state index in [1.54, 1.807) is 29.2 Å². The Labute approximate surface area is 203 Å². The van der Waals surface area contributed by atoms with Gasteiger partial charge in [0.25, 0.3) is 11.5 Å². The summed E-state index contributed by atoms with van der Waals surface area (Å²) in [4.78, 5) is 47.1. The van der Waals surface area contributed by atoms with Crippen molar-refractivity contribution in [2.75, 3.05) is 31.1 Å². The molecule has 1 saturated heterocycles. The fourth-order valence-corrected chi connectivity index (χ4v) is 5.13. The fraction of sp³-hybridized carbons (Fsp3) is 0.200. The summed E-state index contributed by atoms with van der Waals surface area (Å²) in [6, 6.07) is 12.8. The Morgan fingerprint density at radius 3 is 2.54 bits per heavy atom. The zero-order valence-electron chi connectivity index (χ0n) is 18.6. The summed E-state index contributed by atoms with van der Waals surface area (Å²) < 4.78 is 15.0. The number of benzene rings is 1. The molecule has 0 radical (unpaired) electrons. The number of carbonyl (C=O) groups is 2. The lowest BCUT2D eigenvalue weighted by Crippen LogP contribution is -2.49. The van der Waals surface area contributed by atoms with Crippen LogP contribution in [-0.2, 0) is 6.54 Å². The van der Waals surface area contributed by atoms with E-state index in [0.29, 0.717) is 53.3 Å². The van der Waals surface area contributed by atoms with Crippen molar-refractivity contribution in [1.29, 1.82) is 0 Å². The molecule has 0 spiro atoms. The molecule has 4 aromatic rings. The molecule has 1 aromatic carbocycles. The van der Waals surface area contributed by atoms with Crippen molar-refractivity contribution in [3.8, 4) is 0 Å². The standard InChI is InChI=1S/C25H21FN4O4S/c26-17-5-1-4-16(14-17)15-30-22-18(6-2-8-27-22)21(20(24(30)32)25(33)34)28-9-11-29(12-10-28)23(31)19-7-3-13-35-19/h1-8,13-14H,9-12,15H2,(H,33,34). The molecule has 0 saturated carbocycles. The first kappa shape index (κ1) is 22.7. The molecule has 10 heteroatoms. The Bertz CT molecular complexity index is 1480. The van der Waals surface area contributed by atoms with E-state index in [1.807, 2.05) is 16.3 Å². The first-order valence-corrected chi connectivity index (χ1v) is 11.9. The van der Waals surface area contributed by atoms with Gasteiger partial charge in [-0.15, -0.1) is 11.3 Å². The zero-order valence-corrected chi connectivity index (χ0v) is 19.4. The SMILES string of the molecule is O=C(O)c1c(N2CCN(C(=O)c3cccs3)CC2)c2cccnc2n(Cc2cccc(F)c2)c1=O. The quantitative estimate of drug-likeness (QED) is 0.459. The number of thiophene rings is 1. The molecule has 4 heterocycles. The number of pyridine rings is 2. The number of carbonyl (C=O) groups excluding carboxylic acids is 1. The Morgan fingerprint density at radius 2 is 1.86 bits per heavy atom. The lowest BCUT2D eigenvalue weighted by atomic mass is 10.1. The van der Waals surface area contributed by atoms with Crippen LogP contribution in [0.3, 0.4) is 0 Å². The van der Waals surface area contributed by atoms with Gasteiger partial charge in [0.2, 0.25) is 0 Å². The maximum absolute atomic E-state index is 13.7. The number of nitrogens with zero attached hydrogens (tertiary/aromatic N) is 4. The molecule has 1 aliphatic heterocycles. The van der Waals surface area contributed by atoms with E-state index in [0.717, 1.165) is 0 Å². The summed E-state index contributed by atoms with van der Waals surface area (Å²) in [5, 5.41) is 12.4. The van der Waals surface area contributed by atoms with E-state index in [2.05, 4.69) is 4.98 Å². The summed E-state index contributed by atoms with van der Waals surface area (Å²) in [5.74, 6) is -1.85. The molecular formula is C25H21FN4O4S. The van der Waals surface area contributed by atoms with Crippen molar-refractivity contribution in [2.24, 2.45) is 0 Å². The van der Waals surface area contributed by atoms with Gasteiger partial charge in [-0.2, -0.15) is 0 Å². The number of aromatic nitrogens is 2. The van der Waals surface area contributed by atoms with Crippen LogP contribution in [0.15, 0.2) is 64.9 Å². The van der Waals surface area contributed by atoms with Gasteiger partial charge in [0, 0.05) is 37.8 Å². The maximum Gasteiger partial charge on any atom is 0.343 e. The molecule has 0 bridgehead atoms. The second-order valence-corrected chi connectivity index (χ2v) is 9.13. The summed E-state index contributed by atoms with van der Waals surface area (Å²) in [6.07, 6.45) is 1.53. The van der Waals surface area contributed by atoms with Crippen LogP contribution in [-0.4, -0.2) is 57.6 Å². The predicted octanol–water partition coefficient (Wildman–Crippen LogP) is 3.31. The minimum Gasteiger partial charge on any atom is -0.477 e. The van der Waals surface area contributed by atoms with Crippen LogP contribution >= 0.6 is 11.3 Å². The monoisotopic (exact) mass is 492 g/mol. The van der Waals surface area contributed by atoms with Gasteiger partial charge in [0.15, 0.2) is 0 Å². The van der Waals surface area contributed by atoms with Gasteiger partial charge in [-0.05, 0) is 41.3 Å². The van der Waals surface area contributed by atoms with Crippen LogP contribution in [0.1, 0.15) is 25.6 Å². The molecule has 0 aliphatic carbocycles. The molecule has 1 amide bonds. The van der Waals surface area contributed by atoms with Gasteiger partial charge in [-0.3, -0.25) is 14.2 Å². The largest absolute Gasteiger partial charge is 0.477 e. The number of amides is 1. The van der Waals surface area contributed by atoms with Crippen molar-refractivity contribution in [1.82, 2.24) is 14.5 Å². The van der Waals surface area contributed by atoms with Crippen molar-refractivity contribution in [2.45, 2.75) is 6.54 Å². The van der Waals surface area contributed by atoms with Gasteiger partial charge in [-0.25, -0.2) is 14.2 Å². The number of halogens is 1. The lowest BCUT2D eigenvalue weighted by molar-refractivity contribution is 0.0691. The number of fused-ring (bicyclic) bond motifs is 1. The number of carboxylic acid groups (broad SMARTS) is 1. The number of hydrogen-bond donors (Lipinski definition) is 1. The third-order valence-corrected chi connectivity index (χ3v) is 6.91. The van der Waals surface area contributed by atoms with E-state index in [4.69, 9.17) is 0 Å². The first-order valence-electron chi connectivity index (χ1n) is 11.0. The Kier molecular flexibility index (Phi) is 6.04. The Balaban J connectivity index is 1.55. The van der Waals surface area contributed by atoms with Crippen LogP contribution in [0.4, 0.5) is 10.1 Å². The van der Waals surface area contributed by atoms with E-state index in [9.17, 15) is 23.9 Å². The predicted molar refractivity (Wildman–Crippen MR) is 131 cm³/mol. The van der Waals surface area contributed by atoms with Crippen molar-refractivity contribution in [3.63, 3.8) is 0 Å². The van der Waals surface area contributed by atoms with Gasteiger partial charge in [-0.1, -0.05) is 18.2 Å². The van der Waals surface area contributed by atoms with Crippen LogP contribution in [0, 0.1) is 5.82 Å². The zero-order chi connectivity index (χ0) is 24.5. The molecule has 8 nitrogen and oxygen atoms in total. The topological polar surface area (TPSA) is 95.7 Å². The van der Waals surface area contributed by atoms with Crippen LogP contribution < -0.4 is 10.5 Å². The Morgan fingerprint density at radius 1 is 1.06 bits per heavy atom. The van der Waals surface area contributed by atoms with Gasteiger partial charge < -0.3 is 14.9 Å². The van der Waals surface area contributed by atoms with Crippen molar-refractivity contribution >= 4 is 39.9 Å². The maximum atomic E-state index is 13.7. The number of hydrogen-bond acceptors (Lipinski definition) is 6. The van der Waals surface area contributed by atoms with Crippen LogP contribution in [0.5, 0.6) is 0 Å². The van der Waals surface area contributed by atoms with Crippen LogP contribution in [0.25, 0.3) is 11.0 Å². The second-order valence-electron chi connectivity index (χ2n) is 8.18. The molecule has 3 aromatic heterocycles. The summed E-state index contributed by atoms with van der Waals surface area (Å²) in [7, 11) is 0. The third-order valence-electron chi connectivity index (χ3n) is 6.05. The highest BCUT2D eigenvalue weighted by atomic mass is 32.1. The summed E-state index contributed by atoms with van der Waals surface area (Å²) >= 11 is 1.38. The molecule has 1 N–H and O–H groups in total. The highest BCUT2D eigenvalue weighted by Crippen LogP contribution is 2.30. The van der Waals surface area contributed by atoms with E-state index >= 15 is 0 Å². The number of aromatic carboxylic acids is 1. The summed E-state index contributed by atoms with van der Waals surface area (Å²) in [5.41, 5.74) is 0.0620. The third kappa shape index (κ3) is 4.28. The average Bonchev–Trinajstić information content (AvgIpc) is 3.40. The molecule has 35 heavy (non-hydrogen) atoms. The minimum atomic E-state index is -1.35. The molecule has 178 valence electrons. The van der Waals surface area contributed by atoms with Crippen LogP contribution in [0.2, 0.25) is 0 Å². The van der Waals surface area contributed by atoms with Crippen molar-refractivity contribution in [3.05, 3.63) is 92.3 Å². The lowest BCUT2D eigenvalue weighted by Gasteiger charge is -2.37. The number of carboxylic acids is 1. The highest BCUT2D eigenvalue weighted by Gasteiger charge is 2.30. The number of anilines is 1. The molecule has 5 rings (SSSR count). The first-order chi connectivity index (χ1) is 16.9.